The topological polar surface area (TPSA) is 84.0 Å². The van der Waals surface area contributed by atoms with Crippen LogP contribution in [0, 0.1) is 0 Å². The molecule has 0 radical (unpaired) electrons. The second-order valence-electron chi connectivity index (χ2n) is 7.41. The molecular formula is C25H24N4O2. The Bertz CT molecular complexity index is 1130. The average Bonchev–Trinajstić information content (AvgIpc) is 2.82. The maximum Gasteiger partial charge on any atom is 0.252 e. The Balaban J connectivity index is 1.15. The van der Waals surface area contributed by atoms with Crippen LogP contribution in [0.5, 0.6) is 0 Å². The van der Waals surface area contributed by atoms with Crippen LogP contribution in [-0.2, 0) is 0 Å². The van der Waals surface area contributed by atoms with E-state index in [1.165, 1.54) is 0 Å². The lowest BCUT2D eigenvalue weighted by Crippen LogP contribution is -2.26. The van der Waals surface area contributed by atoms with Gasteiger partial charge in [-0.25, -0.2) is 0 Å². The highest BCUT2D eigenvalue weighted by Gasteiger charge is 2.08. The minimum absolute atomic E-state index is 0.115. The number of nitrogens with one attached hydrogen (secondary N) is 2. The van der Waals surface area contributed by atoms with Gasteiger partial charge in [0.05, 0.1) is 22.2 Å². The van der Waals surface area contributed by atoms with E-state index < -0.39 is 0 Å². The standard InChI is InChI=1S/C25H24N4O2/c30-24(20-14-18-8-2-4-10-22(18)28-16-20)26-12-6-1-7-13-27-25(31)21-15-19-9-3-5-11-23(19)29-17-21/h2-5,8-11,14-17H,1,6-7,12-13H2,(H,26,30)(H,27,31). The van der Waals surface area contributed by atoms with Crippen molar-refractivity contribution in [1.29, 1.82) is 0 Å². The molecule has 0 atom stereocenters. The monoisotopic (exact) mass is 412 g/mol. The molecule has 0 saturated heterocycles. The van der Waals surface area contributed by atoms with E-state index in [1.54, 1.807) is 12.4 Å². The summed E-state index contributed by atoms with van der Waals surface area (Å²) in [4.78, 5) is 33.3. The van der Waals surface area contributed by atoms with Gasteiger partial charge in [0.15, 0.2) is 0 Å². The lowest BCUT2D eigenvalue weighted by molar-refractivity contribution is 0.0947. The molecule has 2 N–H and O–H groups in total. The molecule has 31 heavy (non-hydrogen) atoms. The van der Waals surface area contributed by atoms with Crippen LogP contribution in [0.2, 0.25) is 0 Å². The molecule has 0 saturated carbocycles. The van der Waals surface area contributed by atoms with Crippen molar-refractivity contribution in [2.45, 2.75) is 19.3 Å². The summed E-state index contributed by atoms with van der Waals surface area (Å²) in [5.41, 5.74) is 2.88. The third-order valence-corrected chi connectivity index (χ3v) is 5.13. The molecule has 0 unspecified atom stereocenters. The molecule has 2 aromatic heterocycles. The highest BCUT2D eigenvalue weighted by atomic mass is 16.2. The van der Waals surface area contributed by atoms with Crippen LogP contribution in [0.3, 0.4) is 0 Å². The maximum atomic E-state index is 12.3. The van der Waals surface area contributed by atoms with Gasteiger partial charge in [0, 0.05) is 36.3 Å². The van der Waals surface area contributed by atoms with Crippen LogP contribution < -0.4 is 10.6 Å². The first-order chi connectivity index (χ1) is 15.2. The number of amides is 2. The van der Waals surface area contributed by atoms with Crippen LogP contribution in [0.15, 0.2) is 73.1 Å². The summed E-state index contributed by atoms with van der Waals surface area (Å²) in [5, 5.41) is 7.77. The Hall–Kier alpha value is -3.80. The van der Waals surface area contributed by atoms with E-state index in [2.05, 4.69) is 20.6 Å². The fourth-order valence-electron chi connectivity index (χ4n) is 3.43. The van der Waals surface area contributed by atoms with Gasteiger partial charge in [-0.1, -0.05) is 36.4 Å². The lowest BCUT2D eigenvalue weighted by atomic mass is 10.1. The third-order valence-electron chi connectivity index (χ3n) is 5.13. The van der Waals surface area contributed by atoms with Crippen molar-refractivity contribution < 1.29 is 9.59 Å². The Morgan fingerprint density at radius 3 is 1.58 bits per heavy atom. The summed E-state index contributed by atoms with van der Waals surface area (Å²) in [5.74, 6) is -0.231. The van der Waals surface area contributed by atoms with E-state index in [4.69, 9.17) is 0 Å². The molecule has 0 bridgehead atoms. The van der Waals surface area contributed by atoms with E-state index in [-0.39, 0.29) is 11.8 Å². The number of nitrogens with zero attached hydrogens (tertiary/aromatic N) is 2. The van der Waals surface area contributed by atoms with Crippen LogP contribution in [0.1, 0.15) is 40.0 Å². The summed E-state index contributed by atoms with van der Waals surface area (Å²) < 4.78 is 0. The Labute approximate surface area is 180 Å². The molecule has 4 rings (SSSR count). The molecule has 0 fully saturated rings. The number of hydrogen-bond acceptors (Lipinski definition) is 4. The predicted octanol–water partition coefficient (Wildman–Crippen LogP) is 4.11. The molecule has 6 heteroatoms. The second-order valence-corrected chi connectivity index (χ2v) is 7.41. The number of hydrogen-bond donors (Lipinski definition) is 2. The van der Waals surface area contributed by atoms with Gasteiger partial charge >= 0.3 is 0 Å². The van der Waals surface area contributed by atoms with E-state index >= 15 is 0 Å². The first-order valence-electron chi connectivity index (χ1n) is 10.5. The summed E-state index contributed by atoms with van der Waals surface area (Å²) in [6.07, 6.45) is 5.82. The third kappa shape index (κ3) is 5.22. The number of benzene rings is 2. The first kappa shape index (κ1) is 20.5. The van der Waals surface area contributed by atoms with Gasteiger partial charge in [-0.2, -0.15) is 0 Å². The SMILES string of the molecule is O=C(NCCCCCNC(=O)c1cnc2ccccc2c1)c1cnc2ccccc2c1. The normalized spacial score (nSPS) is 10.8. The zero-order valence-electron chi connectivity index (χ0n) is 17.2. The van der Waals surface area contributed by atoms with Crippen LogP contribution in [0.25, 0.3) is 21.8 Å². The molecule has 0 aliphatic carbocycles. The van der Waals surface area contributed by atoms with E-state index in [0.717, 1.165) is 41.1 Å². The van der Waals surface area contributed by atoms with Crippen molar-refractivity contribution in [3.63, 3.8) is 0 Å². The number of para-hydroxylation sites is 2. The van der Waals surface area contributed by atoms with E-state index in [0.29, 0.717) is 24.2 Å². The molecule has 6 nitrogen and oxygen atoms in total. The van der Waals surface area contributed by atoms with Crippen molar-refractivity contribution >= 4 is 33.6 Å². The minimum atomic E-state index is -0.115. The second kappa shape index (κ2) is 9.80. The molecular weight excluding hydrogens is 388 g/mol. The van der Waals surface area contributed by atoms with Gasteiger partial charge in [-0.15, -0.1) is 0 Å². The Morgan fingerprint density at radius 1 is 0.645 bits per heavy atom. The molecule has 0 aliphatic rings. The molecule has 2 heterocycles. The van der Waals surface area contributed by atoms with Crippen LogP contribution >= 0.6 is 0 Å². The largest absolute Gasteiger partial charge is 0.352 e. The number of unbranched alkanes of at least 4 members (excludes halogenated alkanes) is 2. The molecule has 4 aromatic rings. The van der Waals surface area contributed by atoms with Crippen molar-refractivity contribution in [3.05, 3.63) is 84.2 Å². The zero-order valence-corrected chi connectivity index (χ0v) is 17.2. The van der Waals surface area contributed by atoms with Crippen molar-refractivity contribution in [3.8, 4) is 0 Å². The summed E-state index contributed by atoms with van der Waals surface area (Å²) in [6, 6.07) is 19.2. The number of rotatable bonds is 8. The summed E-state index contributed by atoms with van der Waals surface area (Å²) in [7, 11) is 0. The summed E-state index contributed by atoms with van der Waals surface area (Å²) >= 11 is 0. The summed E-state index contributed by atoms with van der Waals surface area (Å²) in [6.45, 7) is 1.18. The predicted molar refractivity (Wildman–Crippen MR) is 122 cm³/mol. The van der Waals surface area contributed by atoms with Gasteiger partial charge in [0.1, 0.15) is 0 Å². The van der Waals surface area contributed by atoms with Gasteiger partial charge in [-0.05, 0) is 43.5 Å². The first-order valence-corrected chi connectivity index (χ1v) is 10.5. The van der Waals surface area contributed by atoms with Crippen LogP contribution in [0.4, 0.5) is 0 Å². The van der Waals surface area contributed by atoms with Gasteiger partial charge < -0.3 is 10.6 Å². The maximum absolute atomic E-state index is 12.3. The molecule has 2 amide bonds. The molecule has 0 spiro atoms. The fraction of sp³-hybridized carbons (Fsp3) is 0.200. The molecule has 2 aromatic carbocycles. The number of fused-ring (bicyclic) bond motifs is 2. The van der Waals surface area contributed by atoms with Crippen molar-refractivity contribution in [2.75, 3.05) is 13.1 Å². The Morgan fingerprint density at radius 2 is 1.10 bits per heavy atom. The van der Waals surface area contributed by atoms with Gasteiger partial charge in [-0.3, -0.25) is 19.6 Å². The molecule has 156 valence electrons. The Kier molecular flexibility index (Phi) is 6.47. The van der Waals surface area contributed by atoms with Crippen molar-refractivity contribution in [1.82, 2.24) is 20.6 Å². The van der Waals surface area contributed by atoms with E-state index in [9.17, 15) is 9.59 Å². The van der Waals surface area contributed by atoms with E-state index in [1.807, 2.05) is 60.7 Å². The van der Waals surface area contributed by atoms with Gasteiger partial charge in [0.25, 0.3) is 11.8 Å². The number of carbonyl (C=O) groups excluding carboxylic acids is 2. The highest BCUT2D eigenvalue weighted by Crippen LogP contribution is 2.13. The smallest absolute Gasteiger partial charge is 0.252 e. The number of carbonyl (C=O) groups is 2. The minimum Gasteiger partial charge on any atom is -0.352 e. The van der Waals surface area contributed by atoms with Crippen molar-refractivity contribution in [2.24, 2.45) is 0 Å². The fourth-order valence-corrected chi connectivity index (χ4v) is 3.43. The van der Waals surface area contributed by atoms with Gasteiger partial charge in [0.2, 0.25) is 0 Å². The number of aromatic nitrogens is 2. The zero-order chi connectivity index (χ0) is 21.5. The lowest BCUT2D eigenvalue weighted by Gasteiger charge is -2.07. The number of pyridine rings is 2. The van der Waals surface area contributed by atoms with Crippen LogP contribution in [-0.4, -0.2) is 34.9 Å². The molecule has 0 aliphatic heterocycles. The highest BCUT2D eigenvalue weighted by molar-refractivity contribution is 5.97. The average molecular weight is 412 g/mol. The quantitative estimate of drug-likeness (QED) is 0.427.